The first kappa shape index (κ1) is 21.9. The first-order chi connectivity index (χ1) is 13.6. The molecule has 0 saturated heterocycles. The molecule has 4 rings (SSSR count). The van der Waals surface area contributed by atoms with Crippen molar-refractivity contribution in [3.05, 3.63) is 11.6 Å². The SMILES string of the molecule is CC(C)CC[C@H](O)[C@@H](C)[C@H]1CC[C@H]2C3CC=C4C[C@@](C)(O)CCC4[C@H]3CC[C@]12C. The van der Waals surface area contributed by atoms with E-state index < -0.39 is 5.60 Å². The van der Waals surface area contributed by atoms with Crippen molar-refractivity contribution in [2.45, 2.75) is 111 Å². The van der Waals surface area contributed by atoms with Crippen LogP contribution in [-0.2, 0) is 0 Å². The Kier molecular flexibility index (Phi) is 6.01. The zero-order chi connectivity index (χ0) is 21.0. The van der Waals surface area contributed by atoms with E-state index in [9.17, 15) is 10.2 Å². The van der Waals surface area contributed by atoms with Crippen LogP contribution >= 0.6 is 0 Å². The fraction of sp³-hybridized carbons (Fsp3) is 0.926. The number of hydrogen-bond donors (Lipinski definition) is 2. The number of hydrogen-bond acceptors (Lipinski definition) is 2. The molecule has 0 amide bonds. The van der Waals surface area contributed by atoms with Gasteiger partial charge in [-0.1, -0.05) is 39.3 Å². The average Bonchev–Trinajstić information content (AvgIpc) is 3.01. The quantitative estimate of drug-likeness (QED) is 0.525. The maximum Gasteiger partial charge on any atom is 0.0657 e. The molecule has 0 radical (unpaired) electrons. The van der Waals surface area contributed by atoms with E-state index in [-0.39, 0.29) is 6.10 Å². The van der Waals surface area contributed by atoms with Crippen LogP contribution in [0.1, 0.15) is 98.8 Å². The predicted molar refractivity (Wildman–Crippen MR) is 120 cm³/mol. The van der Waals surface area contributed by atoms with Gasteiger partial charge in [0.05, 0.1) is 11.7 Å². The van der Waals surface area contributed by atoms with Gasteiger partial charge in [0, 0.05) is 0 Å². The molecule has 0 heterocycles. The smallest absolute Gasteiger partial charge is 0.0657 e. The molecule has 9 atom stereocenters. The molecule has 4 aliphatic rings. The van der Waals surface area contributed by atoms with Crippen LogP contribution in [0.4, 0.5) is 0 Å². The number of fused-ring (bicyclic) bond motifs is 5. The molecular weight excluding hydrogens is 356 g/mol. The van der Waals surface area contributed by atoms with Gasteiger partial charge in [-0.15, -0.1) is 0 Å². The van der Waals surface area contributed by atoms with Crippen molar-refractivity contribution in [3.8, 4) is 0 Å². The van der Waals surface area contributed by atoms with Crippen molar-refractivity contribution < 1.29 is 10.2 Å². The Morgan fingerprint density at radius 3 is 2.48 bits per heavy atom. The van der Waals surface area contributed by atoms with Crippen molar-refractivity contribution in [3.63, 3.8) is 0 Å². The summed E-state index contributed by atoms with van der Waals surface area (Å²) in [6.07, 6.45) is 14.2. The Morgan fingerprint density at radius 2 is 1.76 bits per heavy atom. The van der Waals surface area contributed by atoms with Gasteiger partial charge >= 0.3 is 0 Å². The van der Waals surface area contributed by atoms with E-state index in [1.54, 1.807) is 5.57 Å². The normalized spacial score (nSPS) is 46.5. The second-order valence-electron chi connectivity index (χ2n) is 12.4. The second kappa shape index (κ2) is 7.97. The summed E-state index contributed by atoms with van der Waals surface area (Å²) in [5.41, 5.74) is 1.53. The van der Waals surface area contributed by atoms with Gasteiger partial charge in [0.2, 0.25) is 0 Å². The highest BCUT2D eigenvalue weighted by molar-refractivity contribution is 5.21. The standard InChI is InChI=1S/C27H46O2/c1-17(2)6-11-25(28)18(3)23-9-10-24-22-8-7-19-16-26(4,29)14-12-20(19)21(22)13-15-27(23,24)5/h7,17-18,20-25,28-29H,6,8-16H2,1-5H3/t18-,20?,21+,22?,23+,24-,25-,26-,27+/m0/s1. The summed E-state index contributed by atoms with van der Waals surface area (Å²) >= 11 is 0. The minimum absolute atomic E-state index is 0.130. The van der Waals surface area contributed by atoms with Gasteiger partial charge in [0.15, 0.2) is 0 Å². The zero-order valence-electron chi connectivity index (χ0n) is 19.7. The van der Waals surface area contributed by atoms with E-state index >= 15 is 0 Å². The molecule has 0 bridgehead atoms. The Bertz CT molecular complexity index is 620. The predicted octanol–water partition coefficient (Wildman–Crippen LogP) is 6.36. The lowest BCUT2D eigenvalue weighted by atomic mass is 9.50. The topological polar surface area (TPSA) is 40.5 Å². The lowest BCUT2D eigenvalue weighted by molar-refractivity contribution is -0.0537. The largest absolute Gasteiger partial charge is 0.393 e. The zero-order valence-corrected chi connectivity index (χ0v) is 19.7. The summed E-state index contributed by atoms with van der Waals surface area (Å²) in [6, 6.07) is 0. The van der Waals surface area contributed by atoms with Crippen molar-refractivity contribution >= 4 is 0 Å². The Morgan fingerprint density at radius 1 is 1.00 bits per heavy atom. The van der Waals surface area contributed by atoms with Gasteiger partial charge in [-0.3, -0.25) is 0 Å². The van der Waals surface area contributed by atoms with Crippen LogP contribution in [0.2, 0.25) is 0 Å². The van der Waals surface area contributed by atoms with Crippen LogP contribution in [0, 0.1) is 46.8 Å². The van der Waals surface area contributed by atoms with Gasteiger partial charge in [-0.05, 0) is 118 Å². The lowest BCUT2D eigenvalue weighted by Gasteiger charge is -2.55. The Hall–Kier alpha value is -0.340. The van der Waals surface area contributed by atoms with Gasteiger partial charge in [-0.25, -0.2) is 0 Å². The number of aliphatic hydroxyl groups is 2. The van der Waals surface area contributed by atoms with Crippen LogP contribution < -0.4 is 0 Å². The minimum atomic E-state index is -0.474. The molecule has 0 aromatic rings. The highest BCUT2D eigenvalue weighted by atomic mass is 16.3. The molecule has 3 fully saturated rings. The Balaban J connectivity index is 1.48. The molecular formula is C27H46O2. The monoisotopic (exact) mass is 402 g/mol. The summed E-state index contributed by atoms with van der Waals surface area (Å²) in [5, 5.41) is 21.5. The molecule has 2 N–H and O–H groups in total. The maximum absolute atomic E-state index is 10.9. The van der Waals surface area contributed by atoms with Crippen LogP contribution in [-0.4, -0.2) is 21.9 Å². The lowest BCUT2D eigenvalue weighted by Crippen LogP contribution is -2.48. The van der Waals surface area contributed by atoms with Crippen LogP contribution in [0.3, 0.4) is 0 Å². The molecule has 29 heavy (non-hydrogen) atoms. The third-order valence-corrected chi connectivity index (χ3v) is 10.1. The van der Waals surface area contributed by atoms with Gasteiger partial charge < -0.3 is 10.2 Å². The van der Waals surface area contributed by atoms with Crippen molar-refractivity contribution in [1.82, 2.24) is 0 Å². The van der Waals surface area contributed by atoms with E-state index in [1.165, 1.54) is 38.5 Å². The van der Waals surface area contributed by atoms with E-state index in [4.69, 9.17) is 0 Å². The van der Waals surface area contributed by atoms with E-state index in [0.29, 0.717) is 23.2 Å². The molecule has 4 aliphatic carbocycles. The molecule has 0 spiro atoms. The summed E-state index contributed by atoms with van der Waals surface area (Å²) in [6.45, 7) is 11.5. The third kappa shape index (κ3) is 3.98. The number of rotatable bonds is 5. The molecule has 0 aliphatic heterocycles. The Labute approximate surface area is 179 Å². The molecule has 2 heteroatoms. The number of aliphatic hydroxyl groups excluding tert-OH is 1. The molecule has 0 aromatic carbocycles. The van der Waals surface area contributed by atoms with E-state index in [2.05, 4.69) is 33.8 Å². The highest BCUT2D eigenvalue weighted by Crippen LogP contribution is 2.65. The fourth-order valence-electron chi connectivity index (χ4n) is 8.41. The van der Waals surface area contributed by atoms with Crippen molar-refractivity contribution in [2.75, 3.05) is 0 Å². The summed E-state index contributed by atoms with van der Waals surface area (Å²) in [7, 11) is 0. The summed E-state index contributed by atoms with van der Waals surface area (Å²) in [4.78, 5) is 0. The molecule has 0 aromatic heterocycles. The summed E-state index contributed by atoms with van der Waals surface area (Å²) in [5.74, 6) is 5.07. The first-order valence-corrected chi connectivity index (χ1v) is 12.7. The van der Waals surface area contributed by atoms with E-state index in [1.807, 2.05) is 6.92 Å². The third-order valence-electron chi connectivity index (χ3n) is 10.1. The molecule has 2 nitrogen and oxygen atoms in total. The van der Waals surface area contributed by atoms with E-state index in [0.717, 1.165) is 49.4 Å². The van der Waals surface area contributed by atoms with Gasteiger partial charge in [0.1, 0.15) is 0 Å². The first-order valence-electron chi connectivity index (χ1n) is 12.7. The summed E-state index contributed by atoms with van der Waals surface area (Å²) < 4.78 is 0. The molecule has 3 saturated carbocycles. The average molecular weight is 403 g/mol. The minimum Gasteiger partial charge on any atom is -0.393 e. The van der Waals surface area contributed by atoms with Crippen molar-refractivity contribution in [2.24, 2.45) is 46.8 Å². The number of allylic oxidation sites excluding steroid dienone is 1. The van der Waals surface area contributed by atoms with Gasteiger partial charge in [0.25, 0.3) is 0 Å². The van der Waals surface area contributed by atoms with Crippen LogP contribution in [0.5, 0.6) is 0 Å². The second-order valence-corrected chi connectivity index (χ2v) is 12.4. The van der Waals surface area contributed by atoms with Crippen LogP contribution in [0.25, 0.3) is 0 Å². The fourth-order valence-corrected chi connectivity index (χ4v) is 8.41. The molecule has 2 unspecified atom stereocenters. The maximum atomic E-state index is 10.9. The van der Waals surface area contributed by atoms with Crippen molar-refractivity contribution in [1.29, 1.82) is 0 Å². The highest BCUT2D eigenvalue weighted by Gasteiger charge is 2.57. The molecule has 166 valence electrons. The van der Waals surface area contributed by atoms with Crippen LogP contribution in [0.15, 0.2) is 11.6 Å². The van der Waals surface area contributed by atoms with Gasteiger partial charge in [-0.2, -0.15) is 0 Å².